The number of benzene rings is 2. The van der Waals surface area contributed by atoms with Crippen LogP contribution in [-0.2, 0) is 4.74 Å². The molecule has 0 aromatic heterocycles. The SMILES string of the molecule is CCC(C)c1ccc(NC(=O)c2cc([N+](=O)[O-])ccc2NCCOC)cc1. The summed E-state index contributed by atoms with van der Waals surface area (Å²) < 4.78 is 4.99. The van der Waals surface area contributed by atoms with E-state index in [9.17, 15) is 14.9 Å². The number of hydrogen-bond donors (Lipinski definition) is 2. The normalized spacial score (nSPS) is 11.7. The summed E-state index contributed by atoms with van der Waals surface area (Å²) in [5.74, 6) is 0.0398. The molecule has 0 saturated carbocycles. The van der Waals surface area contributed by atoms with E-state index in [1.807, 2.05) is 24.3 Å². The minimum absolute atomic E-state index is 0.135. The number of carbonyl (C=O) groups is 1. The Bertz CT molecular complexity index is 790. The van der Waals surface area contributed by atoms with Gasteiger partial charge in [0, 0.05) is 37.2 Å². The second-order valence-corrected chi connectivity index (χ2v) is 6.29. The van der Waals surface area contributed by atoms with E-state index in [-0.39, 0.29) is 11.3 Å². The quantitative estimate of drug-likeness (QED) is 0.387. The Kier molecular flexibility index (Phi) is 7.31. The van der Waals surface area contributed by atoms with Crippen molar-refractivity contribution in [2.24, 2.45) is 0 Å². The molecule has 0 aliphatic carbocycles. The van der Waals surface area contributed by atoms with Crippen molar-refractivity contribution in [1.82, 2.24) is 0 Å². The summed E-state index contributed by atoms with van der Waals surface area (Å²) in [4.78, 5) is 23.3. The Labute approximate surface area is 158 Å². The monoisotopic (exact) mass is 371 g/mol. The lowest BCUT2D eigenvalue weighted by Gasteiger charge is -2.13. The third kappa shape index (κ3) is 5.52. The number of nitro groups is 1. The molecule has 0 heterocycles. The first-order valence-corrected chi connectivity index (χ1v) is 8.88. The van der Waals surface area contributed by atoms with Crippen LogP contribution in [0.15, 0.2) is 42.5 Å². The van der Waals surface area contributed by atoms with Gasteiger partial charge in [-0.05, 0) is 36.1 Å². The zero-order chi connectivity index (χ0) is 19.8. The van der Waals surface area contributed by atoms with Crippen LogP contribution < -0.4 is 10.6 Å². The zero-order valence-corrected chi connectivity index (χ0v) is 15.8. The van der Waals surface area contributed by atoms with Gasteiger partial charge in [0.15, 0.2) is 0 Å². The van der Waals surface area contributed by atoms with E-state index in [4.69, 9.17) is 4.74 Å². The maximum atomic E-state index is 12.7. The van der Waals surface area contributed by atoms with Gasteiger partial charge in [-0.2, -0.15) is 0 Å². The number of amides is 1. The Morgan fingerprint density at radius 1 is 1.22 bits per heavy atom. The topological polar surface area (TPSA) is 93.5 Å². The van der Waals surface area contributed by atoms with Gasteiger partial charge in [0.1, 0.15) is 0 Å². The number of non-ortho nitro benzene ring substituents is 1. The lowest BCUT2D eigenvalue weighted by Crippen LogP contribution is -2.17. The molecular formula is C20H25N3O4. The van der Waals surface area contributed by atoms with E-state index in [0.717, 1.165) is 6.42 Å². The highest BCUT2D eigenvalue weighted by Crippen LogP contribution is 2.24. The highest BCUT2D eigenvalue weighted by atomic mass is 16.6. The van der Waals surface area contributed by atoms with Crippen LogP contribution >= 0.6 is 0 Å². The van der Waals surface area contributed by atoms with E-state index in [0.29, 0.717) is 30.4 Å². The van der Waals surface area contributed by atoms with Crippen molar-refractivity contribution >= 4 is 23.0 Å². The molecule has 2 aromatic carbocycles. The summed E-state index contributed by atoms with van der Waals surface area (Å²) >= 11 is 0. The molecule has 0 saturated heterocycles. The smallest absolute Gasteiger partial charge is 0.270 e. The predicted octanol–water partition coefficient (Wildman–Crippen LogP) is 4.42. The molecule has 0 radical (unpaired) electrons. The Balaban J connectivity index is 2.22. The number of nitrogens with one attached hydrogen (secondary N) is 2. The fourth-order valence-corrected chi connectivity index (χ4v) is 2.60. The fourth-order valence-electron chi connectivity index (χ4n) is 2.60. The highest BCUT2D eigenvalue weighted by molar-refractivity contribution is 6.08. The molecule has 0 aliphatic heterocycles. The van der Waals surface area contributed by atoms with Crippen LogP contribution in [0.5, 0.6) is 0 Å². The predicted molar refractivity (Wildman–Crippen MR) is 107 cm³/mol. The molecule has 1 unspecified atom stereocenters. The molecule has 27 heavy (non-hydrogen) atoms. The van der Waals surface area contributed by atoms with Crippen LogP contribution in [0.25, 0.3) is 0 Å². The number of carbonyl (C=O) groups excluding carboxylic acids is 1. The van der Waals surface area contributed by atoms with Crippen molar-refractivity contribution in [3.63, 3.8) is 0 Å². The van der Waals surface area contributed by atoms with Gasteiger partial charge in [0.2, 0.25) is 0 Å². The molecular weight excluding hydrogens is 346 g/mol. The average Bonchev–Trinajstić information content (AvgIpc) is 2.68. The molecule has 1 amide bonds. The summed E-state index contributed by atoms with van der Waals surface area (Å²) in [6, 6.07) is 11.8. The molecule has 1 atom stereocenters. The molecule has 144 valence electrons. The highest BCUT2D eigenvalue weighted by Gasteiger charge is 2.17. The van der Waals surface area contributed by atoms with Gasteiger partial charge in [0.05, 0.1) is 17.1 Å². The number of nitrogens with zero attached hydrogens (tertiary/aromatic N) is 1. The Morgan fingerprint density at radius 3 is 2.52 bits per heavy atom. The molecule has 0 spiro atoms. The third-order valence-corrected chi connectivity index (χ3v) is 4.43. The molecule has 7 heteroatoms. The van der Waals surface area contributed by atoms with Crippen molar-refractivity contribution in [3.8, 4) is 0 Å². The summed E-state index contributed by atoms with van der Waals surface area (Å²) in [5, 5.41) is 16.9. The summed E-state index contributed by atoms with van der Waals surface area (Å²) in [6.07, 6.45) is 1.04. The number of methoxy groups -OCH3 is 1. The van der Waals surface area contributed by atoms with Crippen LogP contribution in [0, 0.1) is 10.1 Å². The van der Waals surface area contributed by atoms with Gasteiger partial charge in [0.25, 0.3) is 11.6 Å². The fraction of sp³-hybridized carbons (Fsp3) is 0.350. The van der Waals surface area contributed by atoms with Crippen LogP contribution in [0.2, 0.25) is 0 Å². The molecule has 7 nitrogen and oxygen atoms in total. The van der Waals surface area contributed by atoms with E-state index in [1.54, 1.807) is 7.11 Å². The first-order chi connectivity index (χ1) is 13.0. The molecule has 2 rings (SSSR count). The van der Waals surface area contributed by atoms with Crippen molar-refractivity contribution in [2.45, 2.75) is 26.2 Å². The molecule has 0 fully saturated rings. The number of hydrogen-bond acceptors (Lipinski definition) is 5. The second-order valence-electron chi connectivity index (χ2n) is 6.29. The minimum Gasteiger partial charge on any atom is -0.383 e. The van der Waals surface area contributed by atoms with Crippen LogP contribution in [0.3, 0.4) is 0 Å². The summed E-state index contributed by atoms with van der Waals surface area (Å²) in [6.45, 7) is 5.21. The lowest BCUT2D eigenvalue weighted by atomic mass is 9.98. The lowest BCUT2D eigenvalue weighted by molar-refractivity contribution is -0.384. The standard InChI is InChI=1S/C20H25N3O4/c1-4-14(2)15-5-7-16(8-6-15)22-20(24)18-13-17(23(25)26)9-10-19(18)21-11-12-27-3/h5-10,13-14,21H,4,11-12H2,1-3H3,(H,22,24). The Morgan fingerprint density at radius 2 is 1.93 bits per heavy atom. The van der Waals surface area contributed by atoms with E-state index < -0.39 is 10.8 Å². The maximum absolute atomic E-state index is 12.7. The largest absolute Gasteiger partial charge is 0.383 e. The van der Waals surface area contributed by atoms with Gasteiger partial charge in [-0.25, -0.2) is 0 Å². The van der Waals surface area contributed by atoms with Gasteiger partial charge < -0.3 is 15.4 Å². The second kappa shape index (κ2) is 9.68. The van der Waals surface area contributed by atoms with Crippen LogP contribution in [-0.4, -0.2) is 31.1 Å². The van der Waals surface area contributed by atoms with Gasteiger partial charge in [-0.3, -0.25) is 14.9 Å². The van der Waals surface area contributed by atoms with Gasteiger partial charge in [-0.15, -0.1) is 0 Å². The van der Waals surface area contributed by atoms with Crippen molar-refractivity contribution in [2.75, 3.05) is 30.9 Å². The number of ether oxygens (including phenoxy) is 1. The molecule has 2 aromatic rings. The summed E-state index contributed by atoms with van der Waals surface area (Å²) in [5.41, 5.74) is 2.44. The number of nitro benzene ring substituents is 1. The summed E-state index contributed by atoms with van der Waals surface area (Å²) in [7, 11) is 1.58. The van der Waals surface area contributed by atoms with E-state index in [2.05, 4.69) is 24.5 Å². The number of rotatable bonds is 9. The van der Waals surface area contributed by atoms with Gasteiger partial charge in [-0.1, -0.05) is 26.0 Å². The Hall–Kier alpha value is -2.93. The first-order valence-electron chi connectivity index (χ1n) is 8.88. The number of anilines is 2. The van der Waals surface area contributed by atoms with Crippen molar-refractivity contribution in [1.29, 1.82) is 0 Å². The van der Waals surface area contributed by atoms with Gasteiger partial charge >= 0.3 is 0 Å². The van der Waals surface area contributed by atoms with E-state index >= 15 is 0 Å². The zero-order valence-electron chi connectivity index (χ0n) is 15.8. The van der Waals surface area contributed by atoms with Crippen molar-refractivity contribution < 1.29 is 14.5 Å². The first kappa shape index (κ1) is 20.4. The molecule has 0 aliphatic rings. The van der Waals surface area contributed by atoms with E-state index in [1.165, 1.54) is 23.8 Å². The molecule has 0 bridgehead atoms. The van der Waals surface area contributed by atoms with Crippen molar-refractivity contribution in [3.05, 3.63) is 63.7 Å². The molecule has 2 N–H and O–H groups in total. The maximum Gasteiger partial charge on any atom is 0.270 e. The average molecular weight is 371 g/mol. The minimum atomic E-state index is -0.517. The van der Waals surface area contributed by atoms with Crippen LogP contribution in [0.4, 0.5) is 17.1 Å². The van der Waals surface area contributed by atoms with Crippen LogP contribution in [0.1, 0.15) is 42.1 Å². The third-order valence-electron chi connectivity index (χ3n) is 4.43.